The molecule has 0 spiro atoms. The summed E-state index contributed by atoms with van der Waals surface area (Å²) in [5.41, 5.74) is 1.55. The highest BCUT2D eigenvalue weighted by Gasteiger charge is 2.65. The molecule has 1 saturated carbocycles. The number of ether oxygens (including phenoxy) is 2. The van der Waals surface area contributed by atoms with Crippen molar-refractivity contribution in [3.63, 3.8) is 0 Å². The van der Waals surface area contributed by atoms with Gasteiger partial charge in [0.15, 0.2) is 0 Å². The predicted molar refractivity (Wildman–Crippen MR) is 196 cm³/mol. The van der Waals surface area contributed by atoms with Gasteiger partial charge in [-0.1, -0.05) is 74.5 Å². The average Bonchev–Trinajstić information content (AvgIpc) is 3.13. The summed E-state index contributed by atoms with van der Waals surface area (Å²) in [4.78, 5) is 57.4. The van der Waals surface area contributed by atoms with E-state index < -0.39 is 47.4 Å². The van der Waals surface area contributed by atoms with Gasteiger partial charge in [-0.2, -0.15) is 0 Å². The highest BCUT2D eigenvalue weighted by molar-refractivity contribution is 5.99. The van der Waals surface area contributed by atoms with Crippen molar-refractivity contribution >= 4 is 23.8 Å². The zero-order chi connectivity index (χ0) is 37.4. The molecule has 0 aliphatic heterocycles. The zero-order valence-electron chi connectivity index (χ0n) is 29.9. The van der Waals surface area contributed by atoms with Gasteiger partial charge in [-0.15, -0.1) is 0 Å². The number of hydrogen-bond acceptors (Lipinski definition) is 6. The van der Waals surface area contributed by atoms with Gasteiger partial charge < -0.3 is 29.5 Å². The Bertz CT molecular complexity index is 1680. The summed E-state index contributed by atoms with van der Waals surface area (Å²) >= 11 is 0. The molecule has 4 aromatic rings. The standard InChI is InChI=1S/C42H46N2O8/c1-5-27(3)43(25-29-17-21-33(22-18-29)51-31-13-9-7-10-14-31)39(45)35-36(38(42(49)50)37(35)41(47)48)40(46)44(28(4)6-2)26-30-19-23-34(24-20-30)52-32-15-11-8-12-16-32/h7-24,27-28,35-38H,5-6,25-26H2,1-4H3,(H,47,48)(H,49,50)/t27-,28-,35+,36+,37+,38+/m0/s1. The number of hydrogen-bond donors (Lipinski definition) is 2. The maximum atomic E-state index is 14.5. The van der Waals surface area contributed by atoms with E-state index in [1.165, 1.54) is 0 Å². The number of carboxylic acid groups (broad SMARTS) is 2. The Morgan fingerprint density at radius 3 is 1.12 bits per heavy atom. The van der Waals surface area contributed by atoms with Crippen LogP contribution in [-0.2, 0) is 32.3 Å². The molecular formula is C42H46N2O8. The molecule has 10 heteroatoms. The fourth-order valence-corrected chi connectivity index (χ4v) is 6.67. The van der Waals surface area contributed by atoms with Crippen LogP contribution < -0.4 is 9.47 Å². The van der Waals surface area contributed by atoms with E-state index in [1.807, 2.05) is 113 Å². The first-order valence-corrected chi connectivity index (χ1v) is 17.7. The van der Waals surface area contributed by atoms with Crippen molar-refractivity contribution in [2.45, 2.75) is 65.7 Å². The highest BCUT2D eigenvalue weighted by Crippen LogP contribution is 2.49. The second-order valence-electron chi connectivity index (χ2n) is 13.3. The van der Waals surface area contributed by atoms with Crippen LogP contribution in [0.4, 0.5) is 0 Å². The molecule has 2 N–H and O–H groups in total. The Morgan fingerprint density at radius 2 is 0.827 bits per heavy atom. The first-order chi connectivity index (χ1) is 25.0. The first-order valence-electron chi connectivity index (χ1n) is 17.7. The van der Waals surface area contributed by atoms with Gasteiger partial charge in [0.1, 0.15) is 23.0 Å². The zero-order valence-corrected chi connectivity index (χ0v) is 29.9. The van der Waals surface area contributed by atoms with Gasteiger partial charge in [0.2, 0.25) is 11.8 Å². The van der Waals surface area contributed by atoms with E-state index in [0.29, 0.717) is 35.8 Å². The van der Waals surface area contributed by atoms with E-state index in [2.05, 4.69) is 0 Å². The van der Waals surface area contributed by atoms with Crippen molar-refractivity contribution in [1.29, 1.82) is 0 Å². The van der Waals surface area contributed by atoms with Gasteiger partial charge in [-0.25, -0.2) is 0 Å². The number of para-hydroxylation sites is 2. The minimum Gasteiger partial charge on any atom is -0.481 e. The number of amides is 2. The van der Waals surface area contributed by atoms with E-state index >= 15 is 0 Å². The molecule has 10 nitrogen and oxygen atoms in total. The topological polar surface area (TPSA) is 134 Å². The number of aliphatic carboxylic acids is 2. The fourth-order valence-electron chi connectivity index (χ4n) is 6.67. The largest absolute Gasteiger partial charge is 0.481 e. The van der Waals surface area contributed by atoms with Crippen LogP contribution in [0.2, 0.25) is 0 Å². The second-order valence-corrected chi connectivity index (χ2v) is 13.3. The molecule has 6 atom stereocenters. The van der Waals surface area contributed by atoms with Crippen molar-refractivity contribution < 1.29 is 38.9 Å². The lowest BCUT2D eigenvalue weighted by Gasteiger charge is -2.49. The summed E-state index contributed by atoms with van der Waals surface area (Å²) in [5.74, 6) is -7.15. The molecule has 5 rings (SSSR count). The maximum Gasteiger partial charge on any atom is 0.308 e. The summed E-state index contributed by atoms with van der Waals surface area (Å²) < 4.78 is 11.8. The van der Waals surface area contributed by atoms with Gasteiger partial charge in [0.25, 0.3) is 0 Å². The van der Waals surface area contributed by atoms with Crippen LogP contribution in [-0.4, -0.2) is 55.8 Å². The summed E-state index contributed by atoms with van der Waals surface area (Å²) in [6.07, 6.45) is 1.13. The number of benzene rings is 4. The highest BCUT2D eigenvalue weighted by atomic mass is 16.5. The number of carbonyl (C=O) groups is 4. The number of carbonyl (C=O) groups excluding carboxylic acids is 2. The molecular weight excluding hydrogens is 660 g/mol. The van der Waals surface area contributed by atoms with Crippen LogP contribution in [0.25, 0.3) is 0 Å². The molecule has 1 fully saturated rings. The van der Waals surface area contributed by atoms with E-state index in [9.17, 15) is 29.4 Å². The lowest BCUT2D eigenvalue weighted by Crippen LogP contribution is -2.65. The maximum absolute atomic E-state index is 14.5. The van der Waals surface area contributed by atoms with Crippen LogP contribution in [0.1, 0.15) is 51.7 Å². The molecule has 0 saturated heterocycles. The molecule has 0 heterocycles. The molecule has 52 heavy (non-hydrogen) atoms. The molecule has 1 aliphatic carbocycles. The van der Waals surface area contributed by atoms with Crippen molar-refractivity contribution in [1.82, 2.24) is 9.80 Å². The Hall–Kier alpha value is -5.64. The van der Waals surface area contributed by atoms with Gasteiger partial charge in [0, 0.05) is 25.2 Å². The fraction of sp³-hybridized carbons (Fsp3) is 0.333. The van der Waals surface area contributed by atoms with E-state index in [0.717, 1.165) is 11.1 Å². The van der Waals surface area contributed by atoms with Crippen molar-refractivity contribution in [3.8, 4) is 23.0 Å². The van der Waals surface area contributed by atoms with E-state index in [1.54, 1.807) is 34.1 Å². The molecule has 272 valence electrons. The quantitative estimate of drug-likeness (QED) is 0.120. The normalized spacial score (nSPS) is 19.0. The lowest BCUT2D eigenvalue weighted by molar-refractivity contribution is -0.189. The molecule has 0 bridgehead atoms. The minimum atomic E-state index is -1.56. The Balaban J connectivity index is 1.40. The van der Waals surface area contributed by atoms with Gasteiger partial charge in [0.05, 0.1) is 23.7 Å². The SMILES string of the molecule is CC[C@H](C)N(Cc1ccc(Oc2ccccc2)cc1)C(=O)[C@H]1[C@@H](C(=O)O)[C@H](C(=O)O)[C@@H]1C(=O)N(Cc1ccc(Oc2ccccc2)cc1)[C@@H](C)CC. The van der Waals surface area contributed by atoms with E-state index in [4.69, 9.17) is 9.47 Å². The predicted octanol–water partition coefficient (Wildman–Crippen LogP) is 7.87. The lowest BCUT2D eigenvalue weighted by atomic mass is 9.55. The summed E-state index contributed by atoms with van der Waals surface area (Å²) in [5, 5.41) is 20.5. The molecule has 0 aromatic heterocycles. The van der Waals surface area contributed by atoms with Gasteiger partial charge in [-0.3, -0.25) is 19.2 Å². The Kier molecular flexibility index (Phi) is 12.3. The molecule has 1 aliphatic rings. The number of carboxylic acids is 2. The minimum absolute atomic E-state index is 0.146. The van der Waals surface area contributed by atoms with Crippen molar-refractivity contribution in [2.75, 3.05) is 0 Å². The van der Waals surface area contributed by atoms with Crippen LogP contribution in [0.15, 0.2) is 109 Å². The van der Waals surface area contributed by atoms with Crippen molar-refractivity contribution in [2.24, 2.45) is 23.7 Å². The van der Waals surface area contributed by atoms with Crippen LogP contribution in [0, 0.1) is 23.7 Å². The second kappa shape index (κ2) is 17.0. The van der Waals surface area contributed by atoms with E-state index in [-0.39, 0.29) is 25.2 Å². The van der Waals surface area contributed by atoms with Crippen LogP contribution >= 0.6 is 0 Å². The van der Waals surface area contributed by atoms with Crippen molar-refractivity contribution in [3.05, 3.63) is 120 Å². The third-order valence-corrected chi connectivity index (χ3v) is 10.0. The monoisotopic (exact) mass is 706 g/mol. The summed E-state index contributed by atoms with van der Waals surface area (Å²) in [6.45, 7) is 7.85. The number of rotatable bonds is 16. The van der Waals surface area contributed by atoms with Gasteiger partial charge >= 0.3 is 11.9 Å². The molecule has 0 radical (unpaired) electrons. The summed E-state index contributed by atoms with van der Waals surface area (Å²) in [7, 11) is 0. The number of nitrogens with zero attached hydrogens (tertiary/aromatic N) is 2. The molecule has 0 unspecified atom stereocenters. The smallest absolute Gasteiger partial charge is 0.308 e. The average molecular weight is 707 g/mol. The third-order valence-electron chi connectivity index (χ3n) is 10.0. The third kappa shape index (κ3) is 8.62. The van der Waals surface area contributed by atoms with Gasteiger partial charge in [-0.05, 0) is 86.3 Å². The Morgan fingerprint density at radius 1 is 0.519 bits per heavy atom. The van der Waals surface area contributed by atoms with Crippen LogP contribution in [0.5, 0.6) is 23.0 Å². The first kappa shape index (κ1) is 37.6. The summed E-state index contributed by atoms with van der Waals surface area (Å²) in [6, 6.07) is 32.5. The molecule has 2 amide bonds. The Labute approximate surface area is 304 Å². The van der Waals surface area contributed by atoms with Crippen LogP contribution in [0.3, 0.4) is 0 Å². The molecule has 4 aromatic carbocycles.